The lowest BCUT2D eigenvalue weighted by Crippen LogP contribution is -2.09. The van der Waals surface area contributed by atoms with Crippen molar-refractivity contribution >= 4 is 34.8 Å². The molecule has 2 atom stereocenters. The summed E-state index contributed by atoms with van der Waals surface area (Å²) in [5.74, 6) is -0.0319. The third-order valence-corrected chi connectivity index (χ3v) is 4.76. The number of hydrogen-bond donors (Lipinski definition) is 1. The van der Waals surface area contributed by atoms with Crippen LogP contribution in [0.15, 0.2) is 24.3 Å². The summed E-state index contributed by atoms with van der Waals surface area (Å²) in [5, 5.41) is 9.97. The molecule has 15 heavy (non-hydrogen) atoms. The van der Waals surface area contributed by atoms with Crippen LogP contribution >= 0.6 is 34.8 Å². The second kappa shape index (κ2) is 3.53. The topological polar surface area (TPSA) is 20.2 Å². The number of halogens is 3. The number of aliphatic hydroxyl groups excluding tert-OH is 1. The average Bonchev–Trinajstić information content (AvgIpc) is 2.64. The van der Waals surface area contributed by atoms with Crippen LogP contribution in [0.3, 0.4) is 0 Å². The molecule has 0 aromatic heterocycles. The molecule has 1 saturated carbocycles. The van der Waals surface area contributed by atoms with Gasteiger partial charge in [-0.25, -0.2) is 0 Å². The van der Waals surface area contributed by atoms with Gasteiger partial charge in [0.15, 0.2) is 0 Å². The molecule has 4 heteroatoms. The molecule has 1 nitrogen and oxygen atoms in total. The summed E-state index contributed by atoms with van der Waals surface area (Å²) in [6.07, 6.45) is 0. The van der Waals surface area contributed by atoms with Crippen LogP contribution in [-0.2, 0) is 0 Å². The molecule has 1 fully saturated rings. The Hall–Kier alpha value is 0.0500. The first-order chi connectivity index (χ1) is 6.93. The molecule has 1 N–H and O–H groups in total. The van der Waals surface area contributed by atoms with Crippen LogP contribution < -0.4 is 0 Å². The second-order valence-electron chi connectivity index (χ2n) is 4.18. The molecule has 0 unspecified atom stereocenters. The van der Waals surface area contributed by atoms with E-state index in [2.05, 4.69) is 0 Å². The first kappa shape index (κ1) is 11.5. The summed E-state index contributed by atoms with van der Waals surface area (Å²) >= 11 is 18.1. The van der Waals surface area contributed by atoms with E-state index in [0.717, 1.165) is 5.56 Å². The zero-order valence-corrected chi connectivity index (χ0v) is 10.4. The Labute approximate surface area is 104 Å². The minimum Gasteiger partial charge on any atom is -0.396 e. The van der Waals surface area contributed by atoms with Gasteiger partial charge in [0.05, 0.1) is 6.61 Å². The Morgan fingerprint density at radius 2 is 1.80 bits per heavy atom. The molecule has 0 aliphatic heterocycles. The molecule has 0 saturated heterocycles. The lowest BCUT2D eigenvalue weighted by Gasteiger charge is -2.05. The van der Waals surface area contributed by atoms with Gasteiger partial charge in [0.25, 0.3) is 0 Å². The number of rotatable bonds is 2. The summed E-state index contributed by atoms with van der Waals surface area (Å²) in [6.45, 7) is 1.86. The quantitative estimate of drug-likeness (QED) is 0.810. The van der Waals surface area contributed by atoms with Crippen molar-refractivity contribution in [3.63, 3.8) is 0 Å². The minimum atomic E-state index is -0.879. The van der Waals surface area contributed by atoms with Crippen molar-refractivity contribution in [3.8, 4) is 0 Å². The monoisotopic (exact) mass is 264 g/mol. The van der Waals surface area contributed by atoms with Crippen molar-refractivity contribution in [2.45, 2.75) is 17.2 Å². The Kier molecular flexibility index (Phi) is 2.71. The van der Waals surface area contributed by atoms with Crippen molar-refractivity contribution in [2.24, 2.45) is 5.41 Å². The average molecular weight is 266 g/mol. The fraction of sp³-hybridized carbons (Fsp3) is 0.455. The van der Waals surface area contributed by atoms with E-state index >= 15 is 0 Å². The molecule has 0 bridgehead atoms. The van der Waals surface area contributed by atoms with Crippen LogP contribution in [0.1, 0.15) is 18.4 Å². The highest BCUT2D eigenvalue weighted by atomic mass is 35.5. The van der Waals surface area contributed by atoms with Gasteiger partial charge in [-0.15, -0.1) is 23.2 Å². The minimum absolute atomic E-state index is 0.0205. The van der Waals surface area contributed by atoms with Crippen LogP contribution in [0.4, 0.5) is 0 Å². The molecule has 0 spiro atoms. The zero-order valence-electron chi connectivity index (χ0n) is 8.17. The predicted octanol–water partition coefficient (Wildman–Crippen LogP) is 3.61. The van der Waals surface area contributed by atoms with Crippen LogP contribution in [0.2, 0.25) is 5.02 Å². The van der Waals surface area contributed by atoms with Crippen LogP contribution in [-0.4, -0.2) is 16.0 Å². The number of aliphatic hydroxyl groups is 1. The fourth-order valence-electron chi connectivity index (χ4n) is 2.01. The third kappa shape index (κ3) is 1.57. The lowest BCUT2D eigenvalue weighted by molar-refractivity contribution is 0.218. The van der Waals surface area contributed by atoms with Crippen LogP contribution in [0, 0.1) is 5.41 Å². The Morgan fingerprint density at radius 3 is 2.20 bits per heavy atom. The van der Waals surface area contributed by atoms with E-state index in [1.807, 2.05) is 19.1 Å². The maximum atomic E-state index is 9.29. The maximum Gasteiger partial charge on any atom is 0.134 e. The van der Waals surface area contributed by atoms with Crippen LogP contribution in [0.25, 0.3) is 0 Å². The summed E-state index contributed by atoms with van der Waals surface area (Å²) in [4.78, 5) is 0. The van der Waals surface area contributed by atoms with Gasteiger partial charge in [0.2, 0.25) is 0 Å². The third-order valence-electron chi connectivity index (χ3n) is 3.21. The number of hydrogen-bond acceptors (Lipinski definition) is 1. The fourth-order valence-corrected chi connectivity index (χ4v) is 3.10. The normalized spacial score (nSPS) is 32.7. The SMILES string of the molecule is C[C@]1(CO)[C@H](c2ccc(Cl)cc2)C1(Cl)Cl. The second-order valence-corrected chi connectivity index (χ2v) is 6.01. The van der Waals surface area contributed by atoms with E-state index in [9.17, 15) is 5.11 Å². The summed E-state index contributed by atoms with van der Waals surface area (Å²) < 4.78 is -0.879. The van der Waals surface area contributed by atoms with E-state index in [4.69, 9.17) is 34.8 Å². The Morgan fingerprint density at radius 1 is 1.27 bits per heavy atom. The Bertz CT molecular complexity index is 374. The predicted molar refractivity (Wildman–Crippen MR) is 63.8 cm³/mol. The van der Waals surface area contributed by atoms with Gasteiger partial charge < -0.3 is 5.11 Å². The maximum absolute atomic E-state index is 9.29. The molecule has 1 aromatic rings. The van der Waals surface area contributed by atoms with Crippen molar-refractivity contribution < 1.29 is 5.11 Å². The molecule has 2 rings (SSSR count). The van der Waals surface area contributed by atoms with Crippen molar-refractivity contribution in [3.05, 3.63) is 34.9 Å². The molecule has 1 aliphatic carbocycles. The summed E-state index contributed by atoms with van der Waals surface area (Å²) in [5.41, 5.74) is 0.560. The molecular formula is C11H11Cl3O. The van der Waals surface area contributed by atoms with Gasteiger partial charge in [-0.1, -0.05) is 30.7 Å². The summed E-state index contributed by atoms with van der Waals surface area (Å²) in [6, 6.07) is 7.40. The van der Waals surface area contributed by atoms with E-state index in [0.29, 0.717) is 5.02 Å². The molecule has 0 amide bonds. The Balaban J connectivity index is 2.31. The van der Waals surface area contributed by atoms with E-state index in [1.54, 1.807) is 12.1 Å². The van der Waals surface area contributed by atoms with E-state index in [1.165, 1.54) is 0 Å². The largest absolute Gasteiger partial charge is 0.396 e. The molecule has 0 radical (unpaired) electrons. The smallest absolute Gasteiger partial charge is 0.134 e. The van der Waals surface area contributed by atoms with Gasteiger partial charge in [0, 0.05) is 16.4 Å². The van der Waals surface area contributed by atoms with E-state index in [-0.39, 0.29) is 12.5 Å². The highest BCUT2D eigenvalue weighted by Gasteiger charge is 2.73. The standard InChI is InChI=1S/C11H11Cl3O/c1-10(6-15)9(11(10,13)14)7-2-4-8(12)5-3-7/h2-5,9,15H,6H2,1H3/t9-,10-/m0/s1. The van der Waals surface area contributed by atoms with Crippen molar-refractivity contribution in [1.82, 2.24) is 0 Å². The first-order valence-corrected chi connectivity index (χ1v) is 5.81. The van der Waals surface area contributed by atoms with Gasteiger partial charge in [-0.2, -0.15) is 0 Å². The van der Waals surface area contributed by atoms with Gasteiger partial charge in [-0.3, -0.25) is 0 Å². The van der Waals surface area contributed by atoms with Crippen molar-refractivity contribution in [2.75, 3.05) is 6.61 Å². The molecule has 1 aromatic carbocycles. The number of alkyl halides is 2. The summed E-state index contributed by atoms with van der Waals surface area (Å²) in [7, 11) is 0. The van der Waals surface area contributed by atoms with Gasteiger partial charge in [0.1, 0.15) is 4.33 Å². The highest BCUT2D eigenvalue weighted by Crippen LogP contribution is 2.73. The number of benzene rings is 1. The highest BCUT2D eigenvalue weighted by molar-refractivity contribution is 6.52. The van der Waals surface area contributed by atoms with Gasteiger partial charge >= 0.3 is 0 Å². The first-order valence-electron chi connectivity index (χ1n) is 4.67. The van der Waals surface area contributed by atoms with E-state index < -0.39 is 9.75 Å². The van der Waals surface area contributed by atoms with Crippen LogP contribution in [0.5, 0.6) is 0 Å². The zero-order chi connectivity index (χ0) is 11.3. The molecule has 0 heterocycles. The molecule has 82 valence electrons. The van der Waals surface area contributed by atoms with Gasteiger partial charge in [-0.05, 0) is 17.7 Å². The molecule has 1 aliphatic rings. The lowest BCUT2D eigenvalue weighted by atomic mass is 10.0. The van der Waals surface area contributed by atoms with Crippen molar-refractivity contribution in [1.29, 1.82) is 0 Å². The molecular weight excluding hydrogens is 254 g/mol.